The van der Waals surface area contributed by atoms with E-state index in [9.17, 15) is 24.1 Å². The average Bonchev–Trinajstić information content (AvgIpc) is 2.27. The van der Waals surface area contributed by atoms with Crippen molar-refractivity contribution in [3.8, 4) is 0 Å². The van der Waals surface area contributed by atoms with Crippen LogP contribution in [-0.2, 0) is 4.79 Å². The van der Waals surface area contributed by atoms with E-state index in [1.54, 1.807) is 0 Å². The van der Waals surface area contributed by atoms with Gasteiger partial charge in [-0.15, -0.1) is 0 Å². The molecule has 0 atom stereocenters. The Labute approximate surface area is 100 Å². The molecule has 0 aromatic heterocycles. The fraction of sp³-hybridized carbons (Fsp3) is 0.200. The van der Waals surface area contributed by atoms with Gasteiger partial charge in [-0.1, -0.05) is 0 Å². The molecule has 0 fully saturated rings. The zero-order valence-electron chi connectivity index (χ0n) is 9.05. The number of rotatable bonds is 5. The molecular weight excluding hydrogens is 247 g/mol. The van der Waals surface area contributed by atoms with Crippen LogP contribution in [0.3, 0.4) is 0 Å². The van der Waals surface area contributed by atoms with Crippen LogP contribution >= 0.6 is 0 Å². The number of aliphatic carboxylic acids is 1. The highest BCUT2D eigenvalue weighted by Crippen LogP contribution is 2.17. The molecule has 96 valence electrons. The van der Waals surface area contributed by atoms with Gasteiger partial charge in [0.15, 0.2) is 0 Å². The van der Waals surface area contributed by atoms with Crippen molar-refractivity contribution in [2.75, 3.05) is 6.54 Å². The number of carbonyl (C=O) groups is 2. The smallest absolute Gasteiger partial charge is 0.305 e. The number of nitrogens with zero attached hydrogens (tertiary/aromatic N) is 1. The molecule has 8 heteroatoms. The van der Waals surface area contributed by atoms with E-state index < -0.39 is 28.3 Å². The predicted molar refractivity (Wildman–Crippen MR) is 57.6 cm³/mol. The average molecular weight is 256 g/mol. The summed E-state index contributed by atoms with van der Waals surface area (Å²) in [7, 11) is 0. The highest BCUT2D eigenvalue weighted by Gasteiger charge is 2.16. The van der Waals surface area contributed by atoms with Crippen LogP contribution in [-0.4, -0.2) is 28.5 Å². The van der Waals surface area contributed by atoms with Gasteiger partial charge in [-0.3, -0.25) is 19.7 Å². The van der Waals surface area contributed by atoms with E-state index in [2.05, 4.69) is 5.32 Å². The largest absolute Gasteiger partial charge is 0.481 e. The Bertz CT molecular complexity index is 503. The summed E-state index contributed by atoms with van der Waals surface area (Å²) in [5, 5.41) is 21.0. The molecule has 2 N–H and O–H groups in total. The standard InChI is InChI=1S/C10H9FN2O5/c11-7-5-6(1-2-8(7)13(17)18)10(16)12-4-3-9(14)15/h1-2,5H,3-4H2,(H,12,16)(H,14,15). The van der Waals surface area contributed by atoms with Gasteiger partial charge in [0.25, 0.3) is 5.91 Å². The van der Waals surface area contributed by atoms with Gasteiger partial charge in [0.1, 0.15) is 0 Å². The summed E-state index contributed by atoms with van der Waals surface area (Å²) in [5.74, 6) is -2.89. The van der Waals surface area contributed by atoms with Crippen LogP contribution in [0.4, 0.5) is 10.1 Å². The molecule has 1 aromatic rings. The Balaban J connectivity index is 2.72. The number of amides is 1. The van der Waals surface area contributed by atoms with Crippen LogP contribution in [0, 0.1) is 15.9 Å². The quantitative estimate of drug-likeness (QED) is 0.601. The number of carboxylic acids is 1. The lowest BCUT2D eigenvalue weighted by atomic mass is 10.2. The van der Waals surface area contributed by atoms with E-state index >= 15 is 0 Å². The lowest BCUT2D eigenvalue weighted by Crippen LogP contribution is -2.26. The molecule has 0 saturated heterocycles. The molecule has 0 radical (unpaired) electrons. The van der Waals surface area contributed by atoms with Crippen molar-refractivity contribution in [3.63, 3.8) is 0 Å². The number of nitro benzene ring substituents is 1. The maximum Gasteiger partial charge on any atom is 0.305 e. The third-order valence-electron chi connectivity index (χ3n) is 2.03. The topological polar surface area (TPSA) is 110 Å². The summed E-state index contributed by atoms with van der Waals surface area (Å²) >= 11 is 0. The van der Waals surface area contributed by atoms with Crippen LogP contribution in [0.25, 0.3) is 0 Å². The summed E-state index contributed by atoms with van der Waals surface area (Å²) in [6, 6.07) is 2.70. The van der Waals surface area contributed by atoms with Crippen molar-refractivity contribution in [1.29, 1.82) is 0 Å². The Kier molecular flexibility index (Phi) is 4.30. The van der Waals surface area contributed by atoms with Gasteiger partial charge in [0.05, 0.1) is 11.3 Å². The van der Waals surface area contributed by atoms with Crippen LogP contribution in [0.2, 0.25) is 0 Å². The van der Waals surface area contributed by atoms with E-state index in [1.807, 2.05) is 0 Å². The highest BCUT2D eigenvalue weighted by atomic mass is 19.1. The third kappa shape index (κ3) is 3.51. The van der Waals surface area contributed by atoms with Crippen LogP contribution < -0.4 is 5.32 Å². The van der Waals surface area contributed by atoms with Crippen molar-refractivity contribution >= 4 is 17.6 Å². The van der Waals surface area contributed by atoms with Crippen molar-refractivity contribution in [3.05, 3.63) is 39.7 Å². The Hall–Kier alpha value is -2.51. The molecule has 0 aliphatic carbocycles. The van der Waals surface area contributed by atoms with Gasteiger partial charge in [-0.2, -0.15) is 4.39 Å². The third-order valence-corrected chi connectivity index (χ3v) is 2.03. The number of hydrogen-bond acceptors (Lipinski definition) is 4. The molecule has 0 unspecified atom stereocenters. The predicted octanol–water partition coefficient (Wildman–Crippen LogP) is 0.938. The summed E-state index contributed by atoms with van der Waals surface area (Å²) in [4.78, 5) is 31.1. The van der Waals surface area contributed by atoms with E-state index in [4.69, 9.17) is 5.11 Å². The highest BCUT2D eigenvalue weighted by molar-refractivity contribution is 5.94. The zero-order chi connectivity index (χ0) is 13.7. The van der Waals surface area contributed by atoms with E-state index in [0.717, 1.165) is 18.2 Å². The molecule has 1 amide bonds. The van der Waals surface area contributed by atoms with Gasteiger partial charge in [0.2, 0.25) is 5.82 Å². The van der Waals surface area contributed by atoms with Crippen LogP contribution in [0.1, 0.15) is 16.8 Å². The fourth-order valence-corrected chi connectivity index (χ4v) is 1.18. The second-order valence-electron chi connectivity index (χ2n) is 3.32. The Morgan fingerprint density at radius 3 is 2.61 bits per heavy atom. The number of halogens is 1. The number of hydrogen-bond donors (Lipinski definition) is 2. The number of nitrogens with one attached hydrogen (secondary N) is 1. The summed E-state index contributed by atoms with van der Waals surface area (Å²) < 4.78 is 13.2. The monoisotopic (exact) mass is 256 g/mol. The number of carbonyl (C=O) groups excluding carboxylic acids is 1. The summed E-state index contributed by atoms with van der Waals surface area (Å²) in [6.45, 7) is -0.104. The molecule has 0 aliphatic rings. The normalized spacial score (nSPS) is 9.83. The van der Waals surface area contributed by atoms with E-state index in [-0.39, 0.29) is 18.5 Å². The van der Waals surface area contributed by atoms with Gasteiger partial charge >= 0.3 is 11.7 Å². The summed E-state index contributed by atoms with van der Waals surface area (Å²) in [6.07, 6.45) is -0.263. The summed E-state index contributed by atoms with van der Waals surface area (Å²) in [5.41, 5.74) is -0.833. The van der Waals surface area contributed by atoms with Gasteiger partial charge in [-0.05, 0) is 12.1 Å². The van der Waals surface area contributed by atoms with Crippen molar-refractivity contribution in [2.24, 2.45) is 0 Å². The molecule has 0 spiro atoms. The molecule has 0 aliphatic heterocycles. The van der Waals surface area contributed by atoms with E-state index in [0.29, 0.717) is 0 Å². The minimum absolute atomic E-state index is 0.104. The first-order valence-corrected chi connectivity index (χ1v) is 4.85. The second-order valence-corrected chi connectivity index (χ2v) is 3.32. The van der Waals surface area contributed by atoms with Crippen LogP contribution in [0.5, 0.6) is 0 Å². The van der Waals surface area contributed by atoms with Crippen molar-refractivity contribution in [1.82, 2.24) is 5.32 Å². The molecule has 18 heavy (non-hydrogen) atoms. The van der Waals surface area contributed by atoms with Crippen molar-refractivity contribution < 1.29 is 24.0 Å². The Morgan fingerprint density at radius 1 is 1.44 bits per heavy atom. The molecule has 1 aromatic carbocycles. The SMILES string of the molecule is O=C(O)CCNC(=O)c1ccc([N+](=O)[O-])c(F)c1. The maximum absolute atomic E-state index is 13.2. The Morgan fingerprint density at radius 2 is 2.11 bits per heavy atom. The maximum atomic E-state index is 13.2. The molecule has 0 saturated carbocycles. The van der Waals surface area contributed by atoms with Crippen molar-refractivity contribution in [2.45, 2.75) is 6.42 Å². The lowest BCUT2D eigenvalue weighted by molar-refractivity contribution is -0.387. The fourth-order valence-electron chi connectivity index (χ4n) is 1.18. The minimum Gasteiger partial charge on any atom is -0.481 e. The first kappa shape index (κ1) is 13.6. The molecule has 1 rings (SSSR count). The second kappa shape index (κ2) is 5.71. The molecule has 0 heterocycles. The van der Waals surface area contributed by atoms with E-state index in [1.165, 1.54) is 0 Å². The van der Waals surface area contributed by atoms with Crippen LogP contribution in [0.15, 0.2) is 18.2 Å². The first-order valence-electron chi connectivity index (χ1n) is 4.85. The number of carboxylic acid groups (broad SMARTS) is 1. The lowest BCUT2D eigenvalue weighted by Gasteiger charge is -2.03. The zero-order valence-corrected chi connectivity index (χ0v) is 9.05. The number of benzene rings is 1. The minimum atomic E-state index is -1.12. The first-order chi connectivity index (χ1) is 8.41. The molecular formula is C10H9FN2O5. The molecule has 7 nitrogen and oxygen atoms in total. The number of nitro groups is 1. The van der Waals surface area contributed by atoms with Gasteiger partial charge in [0, 0.05) is 18.2 Å². The molecule has 0 bridgehead atoms. The van der Waals surface area contributed by atoms with Gasteiger partial charge in [-0.25, -0.2) is 0 Å². The van der Waals surface area contributed by atoms with Gasteiger partial charge < -0.3 is 10.4 Å².